The van der Waals surface area contributed by atoms with E-state index in [2.05, 4.69) is 0 Å². The summed E-state index contributed by atoms with van der Waals surface area (Å²) in [5.41, 5.74) is -0.530. The number of carbonyl (C=O) groups is 6. The molecule has 236 valence electrons. The summed E-state index contributed by atoms with van der Waals surface area (Å²) in [4.78, 5) is 81.9. The molecule has 1 heterocycles. The predicted octanol–water partition coefficient (Wildman–Crippen LogP) is 0.710. The lowest BCUT2D eigenvalue weighted by molar-refractivity contribution is -0.387. The molecule has 1 aromatic rings. The summed E-state index contributed by atoms with van der Waals surface area (Å²) in [6.45, 7) is 2.53. The van der Waals surface area contributed by atoms with Crippen molar-refractivity contribution in [3.8, 4) is 5.75 Å². The average molecular weight is 615 g/mol. The van der Waals surface area contributed by atoms with Gasteiger partial charge in [0.1, 0.15) is 25.9 Å². The van der Waals surface area contributed by atoms with Crippen LogP contribution in [0.25, 0.3) is 0 Å². The van der Waals surface area contributed by atoms with Crippen molar-refractivity contribution in [2.45, 2.75) is 65.0 Å². The number of amides is 1. The van der Waals surface area contributed by atoms with E-state index in [-0.39, 0.29) is 5.56 Å². The molecule has 1 aliphatic rings. The molecular formula is C25H30N2O16. The van der Waals surface area contributed by atoms with Crippen molar-refractivity contribution < 1.29 is 72.0 Å². The number of esters is 4. The van der Waals surface area contributed by atoms with Crippen LogP contribution < -0.4 is 4.74 Å². The van der Waals surface area contributed by atoms with Crippen molar-refractivity contribution in [1.29, 1.82) is 0 Å². The minimum atomic E-state index is -1.73. The first-order chi connectivity index (χ1) is 20.1. The second-order valence-electron chi connectivity index (χ2n) is 9.05. The fourth-order valence-electron chi connectivity index (χ4n) is 3.83. The SMILES string of the molecule is CC(=O)OCC1OC(Oc2ccc(COC(=O)N(C)CC(=O)O)cc2[N+](=O)[O-])C(OC(C)=O)C(OC(C)=O)C1OC(C)=O. The van der Waals surface area contributed by atoms with E-state index in [1.54, 1.807) is 0 Å². The van der Waals surface area contributed by atoms with E-state index in [1.165, 1.54) is 13.1 Å². The summed E-state index contributed by atoms with van der Waals surface area (Å²) in [7, 11) is 1.18. The molecule has 0 aromatic heterocycles. The fourth-order valence-corrected chi connectivity index (χ4v) is 3.83. The smallest absolute Gasteiger partial charge is 0.410 e. The van der Waals surface area contributed by atoms with Crippen LogP contribution in [0.3, 0.4) is 0 Å². The first kappa shape index (κ1) is 34.2. The topological polar surface area (TPSA) is 234 Å². The van der Waals surface area contributed by atoms with Crippen LogP contribution in [-0.2, 0) is 59.0 Å². The van der Waals surface area contributed by atoms with E-state index in [1.807, 2.05) is 0 Å². The maximum Gasteiger partial charge on any atom is 0.410 e. The predicted molar refractivity (Wildman–Crippen MR) is 136 cm³/mol. The molecule has 18 nitrogen and oxygen atoms in total. The molecule has 0 saturated carbocycles. The highest BCUT2D eigenvalue weighted by Crippen LogP contribution is 2.35. The Hall–Kier alpha value is -5.00. The van der Waals surface area contributed by atoms with Gasteiger partial charge in [-0.25, -0.2) is 4.79 Å². The molecule has 43 heavy (non-hydrogen) atoms. The van der Waals surface area contributed by atoms with Crippen LogP contribution in [0.15, 0.2) is 18.2 Å². The van der Waals surface area contributed by atoms with Crippen molar-refractivity contribution in [2.24, 2.45) is 0 Å². The molecule has 5 unspecified atom stereocenters. The number of carboxylic acids is 1. The molecule has 1 aromatic carbocycles. The first-order valence-corrected chi connectivity index (χ1v) is 12.4. The summed E-state index contributed by atoms with van der Waals surface area (Å²) in [5.74, 6) is -5.08. The Kier molecular flexibility index (Phi) is 12.2. The summed E-state index contributed by atoms with van der Waals surface area (Å²) in [5, 5.41) is 20.7. The number of nitro groups is 1. The van der Waals surface area contributed by atoms with Crippen molar-refractivity contribution in [3.05, 3.63) is 33.9 Å². The van der Waals surface area contributed by atoms with E-state index in [0.29, 0.717) is 0 Å². The van der Waals surface area contributed by atoms with Crippen molar-refractivity contribution in [2.75, 3.05) is 20.2 Å². The molecular weight excluding hydrogens is 584 g/mol. The van der Waals surface area contributed by atoms with Gasteiger partial charge in [0.05, 0.1) is 4.92 Å². The minimum absolute atomic E-state index is 0.123. The van der Waals surface area contributed by atoms with Gasteiger partial charge in [0, 0.05) is 40.8 Å². The number of hydrogen-bond acceptors (Lipinski definition) is 15. The number of carbonyl (C=O) groups excluding carboxylic acids is 5. The van der Waals surface area contributed by atoms with Crippen molar-refractivity contribution in [3.63, 3.8) is 0 Å². The molecule has 0 spiro atoms. The Labute approximate surface area is 243 Å². The number of aliphatic carboxylic acids is 1. The third-order valence-corrected chi connectivity index (χ3v) is 5.46. The van der Waals surface area contributed by atoms with Crippen LogP contribution in [0.1, 0.15) is 33.3 Å². The Bertz CT molecular complexity index is 1250. The number of nitrogens with zero attached hydrogens (tertiary/aromatic N) is 2. The van der Waals surface area contributed by atoms with E-state index in [4.69, 9.17) is 38.3 Å². The standard InChI is InChI=1S/C25H30N2O16/c1-12(28)37-11-19-21(39-13(2)29)22(40-14(3)30)23(41-15(4)31)24(43-19)42-18-7-6-16(8-17(18)27(35)36)10-38-25(34)26(5)9-20(32)33/h6-8,19,21-24H,9-11H2,1-5H3,(H,32,33). The molecule has 1 N–H and O–H groups in total. The largest absolute Gasteiger partial charge is 0.480 e. The number of likely N-dealkylation sites (N-methyl/N-ethyl adjacent to an activating group) is 1. The highest BCUT2D eigenvalue weighted by molar-refractivity contribution is 5.76. The van der Waals surface area contributed by atoms with Gasteiger partial charge in [-0.1, -0.05) is 6.07 Å². The summed E-state index contributed by atoms with van der Waals surface area (Å²) >= 11 is 0. The third kappa shape index (κ3) is 10.4. The Morgan fingerprint density at radius 2 is 1.49 bits per heavy atom. The van der Waals surface area contributed by atoms with Gasteiger partial charge >= 0.3 is 41.6 Å². The highest BCUT2D eigenvalue weighted by Gasteiger charge is 2.53. The fraction of sp³-hybridized carbons (Fsp3) is 0.520. The zero-order valence-corrected chi connectivity index (χ0v) is 23.7. The van der Waals surface area contributed by atoms with E-state index in [9.17, 15) is 38.9 Å². The van der Waals surface area contributed by atoms with Crippen LogP contribution in [-0.4, -0.2) is 102 Å². The second-order valence-corrected chi connectivity index (χ2v) is 9.05. The summed E-state index contributed by atoms with van der Waals surface area (Å²) in [6.07, 6.45) is -8.74. The zero-order chi connectivity index (χ0) is 32.4. The lowest BCUT2D eigenvalue weighted by Crippen LogP contribution is -2.63. The number of benzene rings is 1. The lowest BCUT2D eigenvalue weighted by Gasteiger charge is -2.43. The van der Waals surface area contributed by atoms with Crippen molar-refractivity contribution in [1.82, 2.24) is 4.90 Å². The quantitative estimate of drug-likeness (QED) is 0.148. The van der Waals surface area contributed by atoms with Gasteiger partial charge < -0.3 is 43.2 Å². The molecule has 0 bridgehead atoms. The van der Waals surface area contributed by atoms with Crippen LogP contribution >= 0.6 is 0 Å². The Morgan fingerprint density at radius 3 is 2.02 bits per heavy atom. The molecule has 0 aliphatic carbocycles. The van der Waals surface area contributed by atoms with Gasteiger partial charge in [0.15, 0.2) is 18.0 Å². The molecule has 5 atom stereocenters. The van der Waals surface area contributed by atoms with Crippen LogP contribution in [0.4, 0.5) is 10.5 Å². The van der Waals surface area contributed by atoms with E-state index < -0.39 is 103 Å². The van der Waals surface area contributed by atoms with Gasteiger partial charge in [-0.05, 0) is 11.6 Å². The molecule has 1 saturated heterocycles. The summed E-state index contributed by atoms with van der Waals surface area (Å²) < 4.78 is 37.3. The molecule has 2 rings (SSSR count). The average Bonchev–Trinajstić information content (AvgIpc) is 2.88. The first-order valence-electron chi connectivity index (χ1n) is 12.4. The maximum absolute atomic E-state index is 12.0. The van der Waals surface area contributed by atoms with Gasteiger partial charge in [-0.15, -0.1) is 0 Å². The van der Waals surface area contributed by atoms with Gasteiger partial charge in [-0.3, -0.25) is 34.1 Å². The van der Waals surface area contributed by atoms with E-state index in [0.717, 1.165) is 44.7 Å². The minimum Gasteiger partial charge on any atom is -0.480 e. The van der Waals surface area contributed by atoms with Crippen LogP contribution in [0, 0.1) is 10.1 Å². The number of hydrogen-bond donors (Lipinski definition) is 1. The molecule has 18 heteroatoms. The number of rotatable bonds is 12. The number of nitro benzene ring substituents is 1. The number of carboxylic acid groups (broad SMARTS) is 1. The third-order valence-electron chi connectivity index (χ3n) is 5.46. The molecule has 1 fully saturated rings. The molecule has 1 amide bonds. The monoisotopic (exact) mass is 614 g/mol. The van der Waals surface area contributed by atoms with Crippen LogP contribution in [0.2, 0.25) is 0 Å². The Balaban J connectivity index is 2.44. The van der Waals surface area contributed by atoms with E-state index >= 15 is 0 Å². The highest BCUT2D eigenvalue weighted by atomic mass is 16.7. The van der Waals surface area contributed by atoms with Gasteiger partial charge in [0.25, 0.3) is 0 Å². The van der Waals surface area contributed by atoms with Crippen molar-refractivity contribution >= 4 is 41.6 Å². The lowest BCUT2D eigenvalue weighted by atomic mass is 9.98. The second kappa shape index (κ2) is 15.3. The Morgan fingerprint density at radius 1 is 0.907 bits per heavy atom. The van der Waals surface area contributed by atoms with Gasteiger partial charge in [-0.2, -0.15) is 0 Å². The molecule has 1 aliphatic heterocycles. The normalized spacial score (nSPS) is 21.0. The number of ether oxygens (including phenoxy) is 7. The molecule has 0 radical (unpaired) electrons. The summed E-state index contributed by atoms with van der Waals surface area (Å²) in [6, 6.07) is 3.42. The zero-order valence-electron chi connectivity index (χ0n) is 23.7. The maximum atomic E-state index is 12.0. The van der Waals surface area contributed by atoms with Crippen LogP contribution in [0.5, 0.6) is 5.75 Å². The van der Waals surface area contributed by atoms with Gasteiger partial charge in [0.2, 0.25) is 12.4 Å².